The Kier molecular flexibility index (Phi) is 6.01. The average Bonchev–Trinajstić information content (AvgIpc) is 3.49. The summed E-state index contributed by atoms with van der Waals surface area (Å²) in [6.07, 6.45) is -3.11. The molecule has 0 radical (unpaired) electrons. The lowest BCUT2D eigenvalue weighted by Crippen LogP contribution is -2.21. The van der Waals surface area contributed by atoms with Gasteiger partial charge in [0.05, 0.1) is 4.90 Å². The molecule has 1 saturated carbocycles. The number of halogens is 4. The van der Waals surface area contributed by atoms with Crippen molar-refractivity contribution in [2.75, 3.05) is 10.0 Å². The number of alkyl halides is 3. The number of anilines is 2. The van der Waals surface area contributed by atoms with Crippen LogP contribution >= 0.6 is 11.6 Å². The highest BCUT2D eigenvalue weighted by Crippen LogP contribution is 2.42. The fourth-order valence-corrected chi connectivity index (χ4v) is 4.12. The number of nitrogens with one attached hydrogen (secondary N) is 2. The van der Waals surface area contributed by atoms with Gasteiger partial charge in [0.2, 0.25) is 5.91 Å². The van der Waals surface area contributed by atoms with E-state index in [0.29, 0.717) is 5.69 Å². The number of amides is 1. The maximum atomic E-state index is 13.0. The number of benzene rings is 1. The van der Waals surface area contributed by atoms with Crippen molar-refractivity contribution in [1.82, 2.24) is 20.0 Å². The average molecular weight is 501 g/mol. The molecule has 0 atom stereocenters. The maximum absolute atomic E-state index is 13.0. The van der Waals surface area contributed by atoms with E-state index in [-0.39, 0.29) is 27.5 Å². The van der Waals surface area contributed by atoms with E-state index in [2.05, 4.69) is 25.3 Å². The smallest absolute Gasteiger partial charge is 0.324 e. The summed E-state index contributed by atoms with van der Waals surface area (Å²) in [7, 11) is -3.97. The minimum absolute atomic E-state index is 0.0271. The second-order valence-corrected chi connectivity index (χ2v) is 9.37. The van der Waals surface area contributed by atoms with E-state index < -0.39 is 34.3 Å². The molecular formula is C19H16ClF3N6O3S. The molecule has 1 amide bonds. The van der Waals surface area contributed by atoms with Gasteiger partial charge in [-0.1, -0.05) is 11.6 Å². The van der Waals surface area contributed by atoms with Gasteiger partial charge in [-0.2, -0.15) is 18.3 Å². The van der Waals surface area contributed by atoms with Crippen LogP contribution in [-0.2, 0) is 27.5 Å². The number of sulfonamides is 1. The van der Waals surface area contributed by atoms with Crippen molar-refractivity contribution in [3.63, 3.8) is 0 Å². The molecule has 1 aliphatic carbocycles. The number of aromatic nitrogens is 4. The number of hydrogen-bond donors (Lipinski definition) is 2. The number of rotatable bonds is 7. The van der Waals surface area contributed by atoms with Gasteiger partial charge in [-0.25, -0.2) is 8.42 Å². The van der Waals surface area contributed by atoms with Gasteiger partial charge in [0.1, 0.15) is 6.54 Å². The maximum Gasteiger partial charge on any atom is 0.435 e. The Balaban J connectivity index is 1.42. The third kappa shape index (κ3) is 5.60. The fourth-order valence-electron chi connectivity index (χ4n) is 3.03. The van der Waals surface area contributed by atoms with Crippen LogP contribution in [0.2, 0.25) is 5.15 Å². The molecule has 174 valence electrons. The van der Waals surface area contributed by atoms with Gasteiger partial charge in [0, 0.05) is 17.3 Å². The zero-order chi connectivity index (χ0) is 23.8. The molecule has 3 aromatic rings. The van der Waals surface area contributed by atoms with Crippen molar-refractivity contribution in [3.05, 3.63) is 59.0 Å². The van der Waals surface area contributed by atoms with Crippen LogP contribution in [0.1, 0.15) is 30.1 Å². The van der Waals surface area contributed by atoms with Gasteiger partial charge in [-0.05, 0) is 55.3 Å². The summed E-state index contributed by atoms with van der Waals surface area (Å²) in [5.74, 6) is -0.664. The van der Waals surface area contributed by atoms with E-state index in [4.69, 9.17) is 11.6 Å². The fraction of sp³-hybridized carbons (Fsp3) is 0.263. The van der Waals surface area contributed by atoms with Crippen LogP contribution in [0.15, 0.2) is 47.4 Å². The van der Waals surface area contributed by atoms with Gasteiger partial charge in [-0.15, -0.1) is 10.2 Å². The van der Waals surface area contributed by atoms with Crippen molar-refractivity contribution >= 4 is 39.0 Å². The second-order valence-electron chi connectivity index (χ2n) is 7.30. The molecular weight excluding hydrogens is 485 g/mol. The lowest BCUT2D eigenvalue weighted by Gasteiger charge is -2.10. The quantitative estimate of drug-likeness (QED) is 0.511. The van der Waals surface area contributed by atoms with Crippen LogP contribution in [0, 0.1) is 0 Å². The van der Waals surface area contributed by atoms with Gasteiger partial charge < -0.3 is 5.32 Å². The van der Waals surface area contributed by atoms with Crippen LogP contribution in [-0.4, -0.2) is 34.3 Å². The predicted molar refractivity (Wildman–Crippen MR) is 112 cm³/mol. The molecule has 0 aliphatic heterocycles. The summed E-state index contributed by atoms with van der Waals surface area (Å²) in [6, 6.07) is 8.91. The minimum atomic E-state index is -4.60. The number of carbonyl (C=O) groups is 1. The second kappa shape index (κ2) is 8.63. The number of hydrogen-bond acceptors (Lipinski definition) is 6. The van der Waals surface area contributed by atoms with Gasteiger partial charge >= 0.3 is 6.18 Å². The van der Waals surface area contributed by atoms with Crippen LogP contribution < -0.4 is 10.0 Å². The zero-order valence-corrected chi connectivity index (χ0v) is 18.2. The van der Waals surface area contributed by atoms with Crippen LogP contribution in [0.4, 0.5) is 24.7 Å². The molecule has 1 aliphatic rings. The Bertz CT molecular complexity index is 1270. The molecule has 9 nitrogen and oxygen atoms in total. The standard InChI is InChI=1S/C19H16ClF3N6O3S/c20-16-7-8-17(26-25-16)28-33(31,32)13-5-3-12(4-6-13)24-18(30)10-29-14(11-1-2-11)9-15(27-29)19(21,22)23/h3-9,11H,1-2,10H2,(H,24,30)(H,26,28). The first-order valence-corrected chi connectivity index (χ1v) is 11.4. The van der Waals surface area contributed by atoms with Gasteiger partial charge in [-0.3, -0.25) is 14.2 Å². The first kappa shape index (κ1) is 23.0. The Morgan fingerprint density at radius 1 is 1.12 bits per heavy atom. The highest BCUT2D eigenvalue weighted by atomic mass is 35.5. The number of nitrogens with zero attached hydrogens (tertiary/aromatic N) is 4. The summed E-state index contributed by atoms with van der Waals surface area (Å²) < 4.78 is 67.2. The van der Waals surface area contributed by atoms with Crippen LogP contribution in [0.5, 0.6) is 0 Å². The van der Waals surface area contributed by atoms with Crippen LogP contribution in [0.25, 0.3) is 0 Å². The van der Waals surface area contributed by atoms with Gasteiger partial charge in [0.15, 0.2) is 16.7 Å². The van der Waals surface area contributed by atoms with Crippen molar-refractivity contribution in [3.8, 4) is 0 Å². The minimum Gasteiger partial charge on any atom is -0.324 e. The normalized spacial score (nSPS) is 14.2. The summed E-state index contributed by atoms with van der Waals surface area (Å²) in [5.41, 5.74) is -0.402. The van der Waals surface area contributed by atoms with E-state index in [1.54, 1.807) is 0 Å². The molecule has 33 heavy (non-hydrogen) atoms. The van der Waals surface area contributed by atoms with Crippen molar-refractivity contribution < 1.29 is 26.4 Å². The molecule has 0 spiro atoms. The predicted octanol–water partition coefficient (Wildman–Crippen LogP) is 3.66. The molecule has 1 aromatic carbocycles. The molecule has 14 heteroatoms. The molecule has 0 unspecified atom stereocenters. The molecule has 2 aromatic heterocycles. The van der Waals surface area contributed by atoms with E-state index in [1.165, 1.54) is 36.4 Å². The Morgan fingerprint density at radius 2 is 1.82 bits per heavy atom. The molecule has 4 rings (SSSR count). The topological polar surface area (TPSA) is 119 Å². The van der Waals surface area contributed by atoms with Crippen molar-refractivity contribution in [1.29, 1.82) is 0 Å². The molecule has 2 N–H and O–H groups in total. The molecule has 0 saturated heterocycles. The van der Waals surface area contributed by atoms with Crippen molar-refractivity contribution in [2.24, 2.45) is 0 Å². The number of carbonyl (C=O) groups excluding carboxylic acids is 1. The molecule has 0 bridgehead atoms. The Morgan fingerprint density at radius 3 is 2.39 bits per heavy atom. The first-order chi connectivity index (χ1) is 15.5. The van der Waals surface area contributed by atoms with Crippen molar-refractivity contribution in [2.45, 2.75) is 36.4 Å². The largest absolute Gasteiger partial charge is 0.435 e. The first-order valence-electron chi connectivity index (χ1n) is 9.58. The monoisotopic (exact) mass is 500 g/mol. The summed E-state index contributed by atoms with van der Waals surface area (Å²) in [5, 5.41) is 13.3. The van der Waals surface area contributed by atoms with Gasteiger partial charge in [0.25, 0.3) is 10.0 Å². The summed E-state index contributed by atoms with van der Waals surface area (Å²) in [4.78, 5) is 12.3. The van der Waals surface area contributed by atoms with Crippen LogP contribution in [0.3, 0.4) is 0 Å². The van der Waals surface area contributed by atoms with E-state index >= 15 is 0 Å². The SMILES string of the molecule is O=C(Cn1nc(C(F)(F)F)cc1C1CC1)Nc1ccc(S(=O)(=O)Nc2ccc(Cl)nn2)cc1. The summed E-state index contributed by atoms with van der Waals surface area (Å²) >= 11 is 5.62. The summed E-state index contributed by atoms with van der Waals surface area (Å²) in [6.45, 7) is -0.404. The third-order valence-electron chi connectivity index (χ3n) is 4.71. The molecule has 1 fully saturated rings. The van der Waals surface area contributed by atoms with E-state index in [9.17, 15) is 26.4 Å². The Hall–Kier alpha value is -3.19. The third-order valence-corrected chi connectivity index (χ3v) is 6.28. The Labute approximate surface area is 191 Å². The lowest BCUT2D eigenvalue weighted by molar-refractivity contribution is -0.141. The zero-order valence-electron chi connectivity index (χ0n) is 16.7. The van der Waals surface area contributed by atoms with E-state index in [0.717, 1.165) is 23.6 Å². The highest BCUT2D eigenvalue weighted by molar-refractivity contribution is 7.92. The molecule has 2 heterocycles. The lowest BCUT2D eigenvalue weighted by atomic mass is 10.2. The van der Waals surface area contributed by atoms with E-state index in [1.807, 2.05) is 0 Å². The highest BCUT2D eigenvalue weighted by Gasteiger charge is 2.38.